The Bertz CT molecular complexity index is 219. The fraction of sp³-hybridized carbons (Fsp3) is 0.917. The maximum absolute atomic E-state index is 8.84. The van der Waals surface area contributed by atoms with Crippen LogP contribution in [0.5, 0.6) is 0 Å². The Morgan fingerprint density at radius 1 is 1.53 bits per heavy atom. The van der Waals surface area contributed by atoms with Gasteiger partial charge in [0.2, 0.25) is 0 Å². The van der Waals surface area contributed by atoms with Gasteiger partial charge in [-0.3, -0.25) is 0 Å². The molecule has 15 heavy (non-hydrogen) atoms. The van der Waals surface area contributed by atoms with E-state index in [-0.39, 0.29) is 6.04 Å². The van der Waals surface area contributed by atoms with Crippen molar-refractivity contribution in [3.8, 4) is 6.07 Å². The lowest BCUT2D eigenvalue weighted by atomic mass is 10.0. The van der Waals surface area contributed by atoms with Crippen LogP contribution in [-0.2, 0) is 0 Å². The van der Waals surface area contributed by atoms with Crippen LogP contribution < -0.4 is 5.32 Å². The normalized spacial score (nSPS) is 24.3. The average molecular weight is 209 g/mol. The second-order valence-corrected chi connectivity index (χ2v) is 4.75. The van der Waals surface area contributed by atoms with Crippen LogP contribution in [-0.4, -0.2) is 37.1 Å². The summed E-state index contributed by atoms with van der Waals surface area (Å²) in [5, 5.41) is 11.9. The molecule has 1 fully saturated rings. The van der Waals surface area contributed by atoms with Gasteiger partial charge in [-0.2, -0.15) is 5.26 Å². The van der Waals surface area contributed by atoms with Crippen molar-refractivity contribution in [3.63, 3.8) is 0 Å². The highest BCUT2D eigenvalue weighted by Crippen LogP contribution is 2.23. The quantitative estimate of drug-likeness (QED) is 0.747. The molecule has 3 heteroatoms. The van der Waals surface area contributed by atoms with Crippen molar-refractivity contribution in [2.24, 2.45) is 5.92 Å². The van der Waals surface area contributed by atoms with Crippen LogP contribution >= 0.6 is 0 Å². The number of likely N-dealkylation sites (tertiary alicyclic amines) is 1. The van der Waals surface area contributed by atoms with Crippen LogP contribution in [0.3, 0.4) is 0 Å². The van der Waals surface area contributed by atoms with Crippen LogP contribution in [0.25, 0.3) is 0 Å². The fourth-order valence-electron chi connectivity index (χ4n) is 2.45. The smallest absolute Gasteiger partial charge is 0.0962 e. The highest BCUT2D eigenvalue weighted by atomic mass is 15.2. The number of nitrogens with one attached hydrogen (secondary N) is 1. The van der Waals surface area contributed by atoms with Crippen molar-refractivity contribution in [2.45, 2.75) is 45.2 Å². The SMILES string of the molecule is CNC(C#N)CCN1CCCC1C(C)C. The number of rotatable bonds is 5. The van der Waals surface area contributed by atoms with Crippen molar-refractivity contribution in [1.82, 2.24) is 10.2 Å². The van der Waals surface area contributed by atoms with Crippen molar-refractivity contribution in [2.75, 3.05) is 20.1 Å². The Kier molecular flexibility index (Phi) is 5.07. The predicted octanol–water partition coefficient (Wildman–Crippen LogP) is 1.61. The van der Waals surface area contributed by atoms with Gasteiger partial charge in [0.25, 0.3) is 0 Å². The first-order valence-corrected chi connectivity index (χ1v) is 6.00. The van der Waals surface area contributed by atoms with E-state index in [9.17, 15) is 0 Å². The topological polar surface area (TPSA) is 39.1 Å². The van der Waals surface area contributed by atoms with Crippen LogP contribution in [0, 0.1) is 17.2 Å². The molecule has 0 aromatic heterocycles. The van der Waals surface area contributed by atoms with Gasteiger partial charge in [-0.15, -0.1) is 0 Å². The molecule has 1 aliphatic rings. The van der Waals surface area contributed by atoms with Crippen LogP contribution in [0.4, 0.5) is 0 Å². The second kappa shape index (κ2) is 6.09. The molecular formula is C12H23N3. The van der Waals surface area contributed by atoms with E-state index >= 15 is 0 Å². The summed E-state index contributed by atoms with van der Waals surface area (Å²) in [6, 6.07) is 3.03. The molecule has 1 N–H and O–H groups in total. The standard InChI is InChI=1S/C12H23N3/c1-10(2)12-5-4-7-15(12)8-6-11(9-13)14-3/h10-12,14H,4-8H2,1-3H3. The van der Waals surface area contributed by atoms with E-state index in [1.54, 1.807) is 0 Å². The van der Waals surface area contributed by atoms with Gasteiger partial charge in [0, 0.05) is 12.6 Å². The molecule has 0 aromatic rings. The highest BCUT2D eigenvalue weighted by molar-refractivity contribution is 4.90. The summed E-state index contributed by atoms with van der Waals surface area (Å²) in [5.74, 6) is 0.739. The van der Waals surface area contributed by atoms with Gasteiger partial charge in [0.15, 0.2) is 0 Å². The van der Waals surface area contributed by atoms with E-state index in [2.05, 4.69) is 30.1 Å². The van der Waals surface area contributed by atoms with Crippen LogP contribution in [0.1, 0.15) is 33.1 Å². The molecule has 0 bridgehead atoms. The molecular weight excluding hydrogens is 186 g/mol. The van der Waals surface area contributed by atoms with Crippen molar-refractivity contribution < 1.29 is 0 Å². The number of nitrogens with zero attached hydrogens (tertiary/aromatic N) is 2. The van der Waals surface area contributed by atoms with Crippen LogP contribution in [0.2, 0.25) is 0 Å². The van der Waals surface area contributed by atoms with Crippen molar-refractivity contribution in [3.05, 3.63) is 0 Å². The third-order valence-electron chi connectivity index (χ3n) is 3.39. The molecule has 0 saturated carbocycles. The molecule has 1 aliphatic heterocycles. The fourth-order valence-corrected chi connectivity index (χ4v) is 2.45. The summed E-state index contributed by atoms with van der Waals surface area (Å²) in [6.45, 7) is 6.86. The van der Waals surface area contributed by atoms with E-state index in [1.165, 1.54) is 19.4 Å². The zero-order valence-corrected chi connectivity index (χ0v) is 10.2. The summed E-state index contributed by atoms with van der Waals surface area (Å²) < 4.78 is 0. The molecule has 1 rings (SSSR count). The molecule has 0 spiro atoms. The van der Waals surface area contributed by atoms with Gasteiger partial charge in [-0.25, -0.2) is 0 Å². The van der Waals surface area contributed by atoms with Gasteiger partial charge in [0.1, 0.15) is 0 Å². The van der Waals surface area contributed by atoms with E-state index < -0.39 is 0 Å². The molecule has 0 amide bonds. The monoisotopic (exact) mass is 209 g/mol. The Hall–Kier alpha value is -0.590. The number of hydrogen-bond acceptors (Lipinski definition) is 3. The first kappa shape index (κ1) is 12.5. The Morgan fingerprint density at radius 2 is 2.27 bits per heavy atom. The first-order chi connectivity index (χ1) is 7.19. The summed E-state index contributed by atoms with van der Waals surface area (Å²) in [7, 11) is 1.86. The van der Waals surface area contributed by atoms with E-state index in [0.717, 1.165) is 24.9 Å². The van der Waals surface area contributed by atoms with E-state index in [0.29, 0.717) is 0 Å². The predicted molar refractivity (Wildman–Crippen MR) is 62.5 cm³/mol. The molecule has 2 unspecified atom stereocenters. The zero-order valence-electron chi connectivity index (χ0n) is 10.2. The molecule has 1 saturated heterocycles. The lowest BCUT2D eigenvalue weighted by Crippen LogP contribution is -2.37. The van der Waals surface area contributed by atoms with E-state index in [4.69, 9.17) is 5.26 Å². The Labute approximate surface area is 93.5 Å². The summed E-state index contributed by atoms with van der Waals surface area (Å²) in [5.41, 5.74) is 0. The molecule has 0 aliphatic carbocycles. The minimum absolute atomic E-state index is 0.0124. The maximum Gasteiger partial charge on any atom is 0.0962 e. The lowest BCUT2D eigenvalue weighted by molar-refractivity contribution is 0.201. The molecule has 86 valence electrons. The lowest BCUT2D eigenvalue weighted by Gasteiger charge is -2.28. The van der Waals surface area contributed by atoms with Crippen LogP contribution in [0.15, 0.2) is 0 Å². The second-order valence-electron chi connectivity index (χ2n) is 4.75. The van der Waals surface area contributed by atoms with Gasteiger partial charge in [0.05, 0.1) is 12.1 Å². The first-order valence-electron chi connectivity index (χ1n) is 6.00. The van der Waals surface area contributed by atoms with Crippen molar-refractivity contribution >= 4 is 0 Å². The third kappa shape index (κ3) is 3.48. The summed E-state index contributed by atoms with van der Waals surface area (Å²) in [6.07, 6.45) is 3.59. The number of hydrogen-bond donors (Lipinski definition) is 1. The van der Waals surface area contributed by atoms with Gasteiger partial charge in [-0.05, 0) is 38.8 Å². The number of nitriles is 1. The van der Waals surface area contributed by atoms with Gasteiger partial charge in [-0.1, -0.05) is 13.8 Å². The van der Waals surface area contributed by atoms with Crippen molar-refractivity contribution in [1.29, 1.82) is 5.26 Å². The summed E-state index contributed by atoms with van der Waals surface area (Å²) >= 11 is 0. The molecule has 1 heterocycles. The van der Waals surface area contributed by atoms with Gasteiger partial charge < -0.3 is 10.2 Å². The van der Waals surface area contributed by atoms with E-state index in [1.807, 2.05) is 7.05 Å². The Balaban J connectivity index is 2.35. The molecule has 0 aromatic carbocycles. The van der Waals surface area contributed by atoms with Gasteiger partial charge >= 0.3 is 0 Å². The summed E-state index contributed by atoms with van der Waals surface area (Å²) in [4.78, 5) is 2.55. The Morgan fingerprint density at radius 3 is 2.80 bits per heavy atom. The third-order valence-corrected chi connectivity index (χ3v) is 3.39. The molecule has 0 radical (unpaired) electrons. The highest BCUT2D eigenvalue weighted by Gasteiger charge is 2.26. The zero-order chi connectivity index (χ0) is 11.3. The minimum Gasteiger partial charge on any atom is -0.305 e. The molecule has 2 atom stereocenters. The molecule has 3 nitrogen and oxygen atoms in total. The largest absolute Gasteiger partial charge is 0.305 e. The maximum atomic E-state index is 8.84. The minimum atomic E-state index is 0.0124. The average Bonchev–Trinajstić information content (AvgIpc) is 2.67.